The molecular weight excluding hydrogens is 490 g/mol. The maximum atomic E-state index is 12.3. The van der Waals surface area contributed by atoms with E-state index in [0.29, 0.717) is 11.2 Å². The lowest BCUT2D eigenvalue weighted by molar-refractivity contribution is -0.118. The fourth-order valence-electron chi connectivity index (χ4n) is 6.17. The van der Waals surface area contributed by atoms with Gasteiger partial charge in [-0.1, -0.05) is 39.2 Å². The molecule has 6 nitrogen and oxygen atoms in total. The fourth-order valence-corrected chi connectivity index (χ4v) is 6.51. The number of carbonyl (C=O) groups is 1. The summed E-state index contributed by atoms with van der Waals surface area (Å²) in [6, 6.07) is 15.0. The number of carbonyl (C=O) groups excluding carboxylic acids is 1. The van der Waals surface area contributed by atoms with Crippen molar-refractivity contribution in [2.24, 2.45) is 5.92 Å². The number of aryl methyl sites for hydroxylation is 2. The molecule has 2 aliphatic rings. The van der Waals surface area contributed by atoms with E-state index in [-0.39, 0.29) is 23.9 Å². The second kappa shape index (κ2) is 10.9. The van der Waals surface area contributed by atoms with Crippen LogP contribution >= 0.6 is 12.2 Å². The first kappa shape index (κ1) is 26.4. The standard InChI is InChI=1S/C31H39N5OS/c1-19(2)30(37)33-26-15-14-24(17-20(26)3)36-29(28(34-31(36)38)27-13-9-10-16-32-27)25-18-21(4)35(22(25)5)23-11-7-6-8-12-23/h9-10,13-19,23,28-29H,6-8,11-12H2,1-5H3,(H,33,37)(H,34,38)/t28-,29+/m0/s1. The van der Waals surface area contributed by atoms with Crippen LogP contribution in [-0.2, 0) is 4.79 Å². The first-order chi connectivity index (χ1) is 18.3. The van der Waals surface area contributed by atoms with Crippen LogP contribution in [0.1, 0.15) is 92.3 Å². The Bertz CT molecular complexity index is 1330. The molecule has 1 aliphatic heterocycles. The molecule has 38 heavy (non-hydrogen) atoms. The Labute approximate surface area is 231 Å². The van der Waals surface area contributed by atoms with Gasteiger partial charge in [0.15, 0.2) is 5.11 Å². The molecule has 1 aliphatic carbocycles. The number of rotatable bonds is 6. The molecule has 0 bridgehead atoms. The van der Waals surface area contributed by atoms with Crippen molar-refractivity contribution in [2.75, 3.05) is 10.2 Å². The number of hydrogen-bond acceptors (Lipinski definition) is 3. The van der Waals surface area contributed by atoms with Crippen LogP contribution in [0.25, 0.3) is 0 Å². The largest absolute Gasteiger partial charge is 0.351 e. The smallest absolute Gasteiger partial charge is 0.226 e. The second-order valence-corrected chi connectivity index (χ2v) is 11.5. The SMILES string of the molecule is Cc1cc(N2C(=S)N[C@@H](c3ccccn3)[C@H]2c2cc(C)n(C3CCCCC3)c2C)ccc1NC(=O)C(C)C. The fraction of sp³-hybridized carbons (Fsp3) is 0.452. The van der Waals surface area contributed by atoms with Crippen LogP contribution in [0, 0.1) is 26.7 Å². The van der Waals surface area contributed by atoms with Crippen molar-refractivity contribution >= 4 is 34.6 Å². The highest BCUT2D eigenvalue weighted by Gasteiger charge is 2.42. The summed E-state index contributed by atoms with van der Waals surface area (Å²) >= 11 is 5.98. The Balaban J connectivity index is 1.58. The predicted octanol–water partition coefficient (Wildman–Crippen LogP) is 7.09. The Hall–Kier alpha value is -3.19. The summed E-state index contributed by atoms with van der Waals surface area (Å²) < 4.78 is 2.57. The number of anilines is 2. The van der Waals surface area contributed by atoms with Crippen molar-refractivity contribution in [1.82, 2.24) is 14.9 Å². The zero-order valence-corrected chi connectivity index (χ0v) is 23.9. The monoisotopic (exact) mass is 529 g/mol. The topological polar surface area (TPSA) is 62.2 Å². The van der Waals surface area contributed by atoms with Gasteiger partial charge in [0.05, 0.1) is 17.8 Å². The number of hydrogen-bond donors (Lipinski definition) is 2. The van der Waals surface area contributed by atoms with Crippen LogP contribution in [0.4, 0.5) is 11.4 Å². The Morgan fingerprint density at radius 1 is 1.08 bits per heavy atom. The van der Waals surface area contributed by atoms with Crippen LogP contribution in [0.5, 0.6) is 0 Å². The van der Waals surface area contributed by atoms with Crippen molar-refractivity contribution in [3.63, 3.8) is 0 Å². The van der Waals surface area contributed by atoms with Gasteiger partial charge in [-0.3, -0.25) is 9.78 Å². The summed E-state index contributed by atoms with van der Waals surface area (Å²) in [4.78, 5) is 19.3. The molecule has 1 amide bonds. The molecule has 7 heteroatoms. The van der Waals surface area contributed by atoms with Crippen LogP contribution in [-0.4, -0.2) is 20.6 Å². The number of nitrogens with one attached hydrogen (secondary N) is 2. The van der Waals surface area contributed by atoms with Gasteiger partial charge in [-0.25, -0.2) is 0 Å². The highest BCUT2D eigenvalue weighted by molar-refractivity contribution is 7.80. The van der Waals surface area contributed by atoms with E-state index in [0.717, 1.165) is 22.6 Å². The first-order valence-corrected chi connectivity index (χ1v) is 14.3. The average molecular weight is 530 g/mol. The molecule has 0 unspecified atom stereocenters. The van der Waals surface area contributed by atoms with Gasteiger partial charge in [0, 0.05) is 40.9 Å². The van der Waals surface area contributed by atoms with Gasteiger partial charge >= 0.3 is 0 Å². The average Bonchev–Trinajstić information content (AvgIpc) is 3.41. The third kappa shape index (κ3) is 4.96. The van der Waals surface area contributed by atoms with Gasteiger partial charge < -0.3 is 20.1 Å². The highest BCUT2D eigenvalue weighted by atomic mass is 32.1. The number of benzene rings is 1. The van der Waals surface area contributed by atoms with Crippen molar-refractivity contribution in [3.8, 4) is 0 Å². The number of thiocarbonyl (C=S) groups is 1. The van der Waals surface area contributed by atoms with E-state index in [1.807, 2.05) is 45.2 Å². The number of amides is 1. The van der Waals surface area contributed by atoms with E-state index in [1.54, 1.807) is 0 Å². The van der Waals surface area contributed by atoms with Gasteiger partial charge in [0.2, 0.25) is 5.91 Å². The highest BCUT2D eigenvalue weighted by Crippen LogP contribution is 2.45. The van der Waals surface area contributed by atoms with Crippen LogP contribution in [0.2, 0.25) is 0 Å². The zero-order chi connectivity index (χ0) is 27.0. The van der Waals surface area contributed by atoms with Crippen LogP contribution in [0.3, 0.4) is 0 Å². The first-order valence-electron chi connectivity index (χ1n) is 13.9. The van der Waals surface area contributed by atoms with Gasteiger partial charge in [0.1, 0.15) is 0 Å². The lowest BCUT2D eigenvalue weighted by Gasteiger charge is -2.30. The molecule has 200 valence electrons. The summed E-state index contributed by atoms with van der Waals surface area (Å²) in [6.45, 7) is 10.3. The minimum absolute atomic E-state index is 0.0162. The molecule has 1 saturated heterocycles. The maximum Gasteiger partial charge on any atom is 0.226 e. The molecule has 0 spiro atoms. The van der Waals surface area contributed by atoms with Gasteiger partial charge in [-0.2, -0.15) is 0 Å². The van der Waals surface area contributed by atoms with Crippen molar-refractivity contribution in [3.05, 3.63) is 76.9 Å². The molecule has 1 saturated carbocycles. The van der Waals surface area contributed by atoms with Gasteiger partial charge in [0.25, 0.3) is 0 Å². The number of aromatic nitrogens is 2. The molecule has 2 N–H and O–H groups in total. The van der Waals surface area contributed by atoms with E-state index < -0.39 is 0 Å². The van der Waals surface area contributed by atoms with Crippen LogP contribution < -0.4 is 15.5 Å². The van der Waals surface area contributed by atoms with Crippen molar-refractivity contribution < 1.29 is 4.79 Å². The van der Waals surface area contributed by atoms with E-state index in [9.17, 15) is 4.79 Å². The van der Waals surface area contributed by atoms with Gasteiger partial charge in [-0.15, -0.1) is 0 Å². The minimum Gasteiger partial charge on any atom is -0.351 e. The summed E-state index contributed by atoms with van der Waals surface area (Å²) in [5, 5.41) is 7.34. The Kier molecular flexibility index (Phi) is 7.57. The van der Waals surface area contributed by atoms with E-state index in [1.165, 1.54) is 49.1 Å². The van der Waals surface area contributed by atoms with E-state index in [4.69, 9.17) is 17.2 Å². The molecular formula is C31H39N5OS. The summed E-state index contributed by atoms with van der Waals surface area (Å²) in [6.07, 6.45) is 8.27. The summed E-state index contributed by atoms with van der Waals surface area (Å²) in [5.74, 6) is -0.0604. The lowest BCUT2D eigenvalue weighted by atomic mass is 9.94. The molecule has 5 rings (SSSR count). The van der Waals surface area contributed by atoms with E-state index in [2.05, 4.69) is 58.2 Å². The zero-order valence-electron chi connectivity index (χ0n) is 23.1. The van der Waals surface area contributed by atoms with Gasteiger partial charge in [-0.05, 0) is 93.4 Å². The molecule has 3 heterocycles. The summed E-state index contributed by atoms with van der Waals surface area (Å²) in [7, 11) is 0. The molecule has 1 aromatic carbocycles. The number of nitrogens with zero attached hydrogens (tertiary/aromatic N) is 3. The summed E-state index contributed by atoms with van der Waals surface area (Å²) in [5.41, 5.74) is 7.73. The lowest BCUT2D eigenvalue weighted by Crippen LogP contribution is -2.30. The molecule has 0 radical (unpaired) electrons. The normalized spacial score (nSPS) is 20.2. The quantitative estimate of drug-likeness (QED) is 0.334. The maximum absolute atomic E-state index is 12.3. The predicted molar refractivity (Wildman–Crippen MR) is 159 cm³/mol. The molecule has 2 atom stereocenters. The molecule has 2 aromatic heterocycles. The van der Waals surface area contributed by atoms with Crippen LogP contribution in [0.15, 0.2) is 48.7 Å². The molecule has 2 fully saturated rings. The van der Waals surface area contributed by atoms with Crippen molar-refractivity contribution in [2.45, 2.75) is 84.8 Å². The minimum atomic E-state index is -0.0790. The van der Waals surface area contributed by atoms with E-state index >= 15 is 0 Å². The third-order valence-corrected chi connectivity index (χ3v) is 8.47. The number of pyridine rings is 1. The van der Waals surface area contributed by atoms with Crippen molar-refractivity contribution in [1.29, 1.82) is 0 Å². The second-order valence-electron chi connectivity index (χ2n) is 11.1. The third-order valence-electron chi connectivity index (χ3n) is 8.15. The molecule has 3 aromatic rings. The Morgan fingerprint density at radius 2 is 1.84 bits per heavy atom. The Morgan fingerprint density at radius 3 is 2.50 bits per heavy atom.